The Kier molecular flexibility index (Phi) is 5.67. The predicted octanol–water partition coefficient (Wildman–Crippen LogP) is 4.74. The zero-order chi connectivity index (χ0) is 19.2. The van der Waals surface area contributed by atoms with E-state index in [-0.39, 0.29) is 18.2 Å². The monoisotopic (exact) mass is 358 g/mol. The maximum Gasteiger partial charge on any atom is 0.255 e. The number of amides is 2. The number of anilines is 2. The Morgan fingerprint density at radius 2 is 1.22 bits per heavy atom. The largest absolute Gasteiger partial charge is 0.326 e. The second-order valence-corrected chi connectivity index (χ2v) is 6.57. The van der Waals surface area contributed by atoms with Crippen molar-refractivity contribution in [1.82, 2.24) is 0 Å². The average molecular weight is 358 g/mol. The molecule has 0 bridgehead atoms. The molecule has 0 heterocycles. The van der Waals surface area contributed by atoms with Gasteiger partial charge in [0.1, 0.15) is 0 Å². The number of carbonyl (C=O) groups is 2. The summed E-state index contributed by atoms with van der Waals surface area (Å²) in [6.45, 7) is 3.99. The third kappa shape index (κ3) is 5.05. The summed E-state index contributed by atoms with van der Waals surface area (Å²) >= 11 is 0. The molecule has 3 rings (SSSR count). The van der Waals surface area contributed by atoms with E-state index in [9.17, 15) is 9.59 Å². The maximum atomic E-state index is 12.7. The molecule has 0 aliphatic carbocycles. The van der Waals surface area contributed by atoms with Crippen LogP contribution >= 0.6 is 0 Å². The molecule has 0 aromatic heterocycles. The van der Waals surface area contributed by atoms with Gasteiger partial charge >= 0.3 is 0 Å². The Hall–Kier alpha value is -3.40. The maximum absolute atomic E-state index is 12.7. The number of nitrogens with one attached hydrogen (secondary N) is 2. The van der Waals surface area contributed by atoms with Gasteiger partial charge in [-0.1, -0.05) is 53.6 Å². The summed E-state index contributed by atoms with van der Waals surface area (Å²) in [5.74, 6) is -0.382. The van der Waals surface area contributed by atoms with Gasteiger partial charge in [-0.15, -0.1) is 0 Å². The van der Waals surface area contributed by atoms with Crippen LogP contribution in [0.5, 0.6) is 0 Å². The highest BCUT2D eigenvalue weighted by molar-refractivity contribution is 6.06. The molecule has 0 spiro atoms. The van der Waals surface area contributed by atoms with Gasteiger partial charge in [0.25, 0.3) is 5.91 Å². The lowest BCUT2D eigenvalue weighted by atomic mass is 10.0. The highest BCUT2D eigenvalue weighted by atomic mass is 16.2. The van der Waals surface area contributed by atoms with Gasteiger partial charge in [0, 0.05) is 16.9 Å². The van der Waals surface area contributed by atoms with Gasteiger partial charge in [0.15, 0.2) is 0 Å². The van der Waals surface area contributed by atoms with E-state index in [1.54, 1.807) is 18.2 Å². The lowest BCUT2D eigenvalue weighted by Crippen LogP contribution is -2.19. The van der Waals surface area contributed by atoms with Crippen LogP contribution in [-0.2, 0) is 11.2 Å². The fraction of sp³-hybridized carbons (Fsp3) is 0.130. The smallest absolute Gasteiger partial charge is 0.255 e. The molecule has 0 aliphatic rings. The third-order valence-electron chi connectivity index (χ3n) is 4.26. The second-order valence-electron chi connectivity index (χ2n) is 6.57. The fourth-order valence-electron chi connectivity index (χ4n) is 2.75. The fourth-order valence-corrected chi connectivity index (χ4v) is 2.75. The van der Waals surface area contributed by atoms with Crippen molar-refractivity contribution in [1.29, 1.82) is 0 Å². The Morgan fingerprint density at radius 3 is 1.81 bits per heavy atom. The second kappa shape index (κ2) is 8.32. The molecule has 4 heteroatoms. The molecule has 136 valence electrons. The SMILES string of the molecule is Cc1ccc(NC(=O)Cc2ccccc2C(=O)Nc2ccc(C)cc2)cc1. The molecule has 27 heavy (non-hydrogen) atoms. The first-order valence-corrected chi connectivity index (χ1v) is 8.84. The zero-order valence-electron chi connectivity index (χ0n) is 15.5. The van der Waals surface area contributed by atoms with E-state index in [2.05, 4.69) is 10.6 Å². The minimum atomic E-state index is -0.224. The molecule has 0 radical (unpaired) electrons. The van der Waals surface area contributed by atoms with Gasteiger partial charge < -0.3 is 10.6 Å². The first-order chi connectivity index (χ1) is 13.0. The Balaban J connectivity index is 1.71. The van der Waals surface area contributed by atoms with Crippen LogP contribution in [0.25, 0.3) is 0 Å². The highest BCUT2D eigenvalue weighted by Gasteiger charge is 2.14. The molecule has 3 aromatic carbocycles. The van der Waals surface area contributed by atoms with E-state index in [4.69, 9.17) is 0 Å². The summed E-state index contributed by atoms with van der Waals surface area (Å²) < 4.78 is 0. The molecule has 0 saturated carbocycles. The normalized spacial score (nSPS) is 10.3. The van der Waals surface area contributed by atoms with Gasteiger partial charge in [0.2, 0.25) is 5.91 Å². The number of aryl methyl sites for hydroxylation is 2. The average Bonchev–Trinajstić information content (AvgIpc) is 2.66. The number of carbonyl (C=O) groups excluding carboxylic acids is 2. The van der Waals surface area contributed by atoms with Gasteiger partial charge in [0.05, 0.1) is 6.42 Å². The van der Waals surface area contributed by atoms with Crippen LogP contribution in [0.15, 0.2) is 72.8 Å². The van der Waals surface area contributed by atoms with Gasteiger partial charge in [-0.25, -0.2) is 0 Å². The number of benzene rings is 3. The zero-order valence-corrected chi connectivity index (χ0v) is 15.5. The van der Waals surface area contributed by atoms with Crippen molar-refractivity contribution in [2.24, 2.45) is 0 Å². The molecule has 3 aromatic rings. The van der Waals surface area contributed by atoms with Crippen molar-refractivity contribution < 1.29 is 9.59 Å². The van der Waals surface area contributed by atoms with E-state index in [1.165, 1.54) is 0 Å². The molecular formula is C23H22N2O2. The molecule has 2 amide bonds. The van der Waals surface area contributed by atoms with E-state index in [0.29, 0.717) is 11.1 Å². The van der Waals surface area contributed by atoms with Crippen LogP contribution in [0.3, 0.4) is 0 Å². The van der Waals surface area contributed by atoms with Crippen LogP contribution < -0.4 is 10.6 Å². The van der Waals surface area contributed by atoms with Gasteiger partial charge in [-0.05, 0) is 49.7 Å². The minimum absolute atomic E-state index is 0.130. The summed E-state index contributed by atoms with van der Waals surface area (Å²) in [7, 11) is 0. The Bertz CT molecular complexity index is 945. The minimum Gasteiger partial charge on any atom is -0.326 e. The van der Waals surface area contributed by atoms with Crippen LogP contribution in [-0.4, -0.2) is 11.8 Å². The molecule has 2 N–H and O–H groups in total. The predicted molar refractivity (Wildman–Crippen MR) is 109 cm³/mol. The number of rotatable bonds is 5. The molecule has 0 aliphatic heterocycles. The van der Waals surface area contributed by atoms with E-state index < -0.39 is 0 Å². The molecule has 0 saturated heterocycles. The van der Waals surface area contributed by atoms with Crippen molar-refractivity contribution in [2.45, 2.75) is 20.3 Å². The number of hydrogen-bond donors (Lipinski definition) is 2. The molecule has 0 unspecified atom stereocenters. The van der Waals surface area contributed by atoms with Crippen molar-refractivity contribution in [3.05, 3.63) is 95.1 Å². The molecule has 4 nitrogen and oxygen atoms in total. The summed E-state index contributed by atoms with van der Waals surface area (Å²) in [6, 6.07) is 22.4. The standard InChI is InChI=1S/C23H22N2O2/c1-16-7-11-19(12-8-16)24-22(26)15-18-5-3-4-6-21(18)23(27)25-20-13-9-17(2)10-14-20/h3-14H,15H2,1-2H3,(H,24,26)(H,25,27). The van der Waals surface area contributed by atoms with Gasteiger partial charge in [-0.3, -0.25) is 9.59 Å². The first kappa shape index (κ1) is 18.4. The third-order valence-corrected chi connectivity index (χ3v) is 4.26. The summed E-state index contributed by atoms with van der Waals surface area (Å²) in [6.07, 6.45) is 0.130. The van der Waals surface area contributed by atoms with E-state index in [0.717, 1.165) is 22.5 Å². The Morgan fingerprint density at radius 1 is 0.704 bits per heavy atom. The van der Waals surface area contributed by atoms with Crippen molar-refractivity contribution in [2.75, 3.05) is 10.6 Å². The molecular weight excluding hydrogens is 336 g/mol. The first-order valence-electron chi connectivity index (χ1n) is 8.84. The summed E-state index contributed by atoms with van der Waals surface area (Å²) in [5.41, 5.74) is 4.91. The summed E-state index contributed by atoms with van der Waals surface area (Å²) in [5, 5.41) is 5.75. The van der Waals surface area contributed by atoms with Crippen molar-refractivity contribution >= 4 is 23.2 Å². The van der Waals surface area contributed by atoms with E-state index in [1.807, 2.05) is 68.4 Å². The van der Waals surface area contributed by atoms with E-state index >= 15 is 0 Å². The quantitative estimate of drug-likeness (QED) is 0.692. The number of hydrogen-bond acceptors (Lipinski definition) is 2. The lowest BCUT2D eigenvalue weighted by molar-refractivity contribution is -0.115. The topological polar surface area (TPSA) is 58.2 Å². The van der Waals surface area contributed by atoms with Crippen LogP contribution in [0, 0.1) is 13.8 Å². The molecule has 0 fully saturated rings. The van der Waals surface area contributed by atoms with Crippen molar-refractivity contribution in [3.63, 3.8) is 0 Å². The van der Waals surface area contributed by atoms with Crippen LogP contribution in [0.4, 0.5) is 11.4 Å². The van der Waals surface area contributed by atoms with Crippen molar-refractivity contribution in [3.8, 4) is 0 Å². The highest BCUT2D eigenvalue weighted by Crippen LogP contribution is 2.16. The lowest BCUT2D eigenvalue weighted by Gasteiger charge is -2.11. The Labute approximate surface area is 159 Å². The van der Waals surface area contributed by atoms with Crippen LogP contribution in [0.1, 0.15) is 27.0 Å². The van der Waals surface area contributed by atoms with Gasteiger partial charge in [-0.2, -0.15) is 0 Å². The van der Waals surface area contributed by atoms with Crippen LogP contribution in [0.2, 0.25) is 0 Å². The molecule has 0 atom stereocenters. The summed E-state index contributed by atoms with van der Waals surface area (Å²) in [4.78, 5) is 25.0.